The van der Waals surface area contributed by atoms with Gasteiger partial charge in [0.15, 0.2) is 5.82 Å². The number of carbonyl (C=O) groups excluding carboxylic acids is 5. The maximum Gasteiger partial charge on any atom is 0.287 e. The predicted molar refractivity (Wildman–Crippen MR) is 148 cm³/mol. The first-order chi connectivity index (χ1) is 20.2. The minimum absolute atomic E-state index is 0.0620. The number of hydrogen-bond acceptors (Lipinski definition) is 10. The maximum absolute atomic E-state index is 13.5. The van der Waals surface area contributed by atoms with Gasteiger partial charge < -0.3 is 26.0 Å². The number of ketones is 1. The van der Waals surface area contributed by atoms with Crippen molar-refractivity contribution in [3.05, 3.63) is 41.9 Å². The summed E-state index contributed by atoms with van der Waals surface area (Å²) >= 11 is 6.05. The molecule has 2 aromatic rings. The summed E-state index contributed by atoms with van der Waals surface area (Å²) in [4.78, 5) is 78.9. The number of anilines is 1. The summed E-state index contributed by atoms with van der Waals surface area (Å²) in [6.07, 6.45) is 8.47. The number of pyridine rings is 1. The van der Waals surface area contributed by atoms with E-state index in [2.05, 4.69) is 25.6 Å². The van der Waals surface area contributed by atoms with Crippen LogP contribution in [0.3, 0.4) is 0 Å². The van der Waals surface area contributed by atoms with Gasteiger partial charge >= 0.3 is 0 Å². The van der Waals surface area contributed by atoms with Crippen molar-refractivity contribution in [1.82, 2.24) is 30.1 Å². The van der Waals surface area contributed by atoms with Crippen LogP contribution in [0.15, 0.2) is 36.9 Å². The molecule has 42 heavy (non-hydrogen) atoms. The van der Waals surface area contributed by atoms with Gasteiger partial charge in [0.2, 0.25) is 29.4 Å². The van der Waals surface area contributed by atoms with E-state index in [-0.39, 0.29) is 37.2 Å². The van der Waals surface area contributed by atoms with E-state index in [1.54, 1.807) is 11.0 Å². The van der Waals surface area contributed by atoms with Gasteiger partial charge in [-0.2, -0.15) is 0 Å². The summed E-state index contributed by atoms with van der Waals surface area (Å²) < 4.78 is 5.94. The van der Waals surface area contributed by atoms with Crippen LogP contribution in [0.1, 0.15) is 32.1 Å². The molecule has 1 saturated carbocycles. The van der Waals surface area contributed by atoms with Crippen LogP contribution in [-0.2, 0) is 24.0 Å². The average molecular weight is 599 g/mol. The number of nitrogens with zero attached hydrogens (tertiary/aromatic N) is 5. The molecule has 3 fully saturated rings. The first-order valence-electron chi connectivity index (χ1n) is 13.7. The van der Waals surface area contributed by atoms with Crippen molar-refractivity contribution in [2.45, 2.75) is 56.3 Å². The second-order valence-corrected chi connectivity index (χ2v) is 11.1. The van der Waals surface area contributed by atoms with Crippen LogP contribution >= 0.6 is 11.6 Å². The maximum atomic E-state index is 13.5. The summed E-state index contributed by atoms with van der Waals surface area (Å²) in [5, 5.41) is 5.75. The molecule has 0 bridgehead atoms. The van der Waals surface area contributed by atoms with Gasteiger partial charge in [0.25, 0.3) is 5.91 Å². The SMILES string of the molecule is NC(=O)C(=O)C(CC1CCC1)NC(=O)C1C[C@@H](Oc2cc(Cl)ccn2)CN1C(=O)CN1CC1C(=O)Nc1cnccn1. The van der Waals surface area contributed by atoms with Crippen molar-refractivity contribution in [3.63, 3.8) is 0 Å². The number of halogens is 1. The molecule has 222 valence electrons. The number of hydrogen-bond donors (Lipinski definition) is 3. The number of primary amides is 1. The number of rotatable bonds is 12. The highest BCUT2D eigenvalue weighted by Gasteiger charge is 2.46. The molecular weight excluding hydrogens is 568 g/mol. The fourth-order valence-electron chi connectivity index (χ4n) is 5.20. The fraction of sp³-hybridized carbons (Fsp3) is 0.481. The van der Waals surface area contributed by atoms with Gasteiger partial charge in [-0.05, 0) is 18.4 Å². The molecular formula is C27H31ClN8O6. The molecule has 3 aliphatic rings. The Labute approximate surface area is 246 Å². The lowest BCUT2D eigenvalue weighted by atomic mass is 9.80. The molecule has 2 saturated heterocycles. The second-order valence-electron chi connectivity index (χ2n) is 10.7. The molecule has 1 aliphatic carbocycles. The molecule has 0 radical (unpaired) electrons. The normalized spacial score (nSPS) is 23.8. The van der Waals surface area contributed by atoms with Crippen molar-refractivity contribution in [3.8, 4) is 5.88 Å². The number of nitrogens with one attached hydrogen (secondary N) is 2. The summed E-state index contributed by atoms with van der Waals surface area (Å²) in [6.45, 7) is 0.300. The Bertz CT molecular complexity index is 1360. The number of nitrogens with two attached hydrogens (primary N) is 1. The number of amides is 4. The topological polar surface area (TPSA) is 190 Å². The van der Waals surface area contributed by atoms with Crippen LogP contribution in [0.5, 0.6) is 5.88 Å². The molecule has 4 heterocycles. The van der Waals surface area contributed by atoms with Gasteiger partial charge in [-0.25, -0.2) is 9.97 Å². The highest BCUT2D eigenvalue weighted by molar-refractivity contribution is 6.37. The lowest BCUT2D eigenvalue weighted by Crippen LogP contribution is -2.54. The van der Waals surface area contributed by atoms with E-state index in [0.717, 1.165) is 19.3 Å². The summed E-state index contributed by atoms with van der Waals surface area (Å²) in [5.41, 5.74) is 5.26. The lowest BCUT2D eigenvalue weighted by molar-refractivity contribution is -0.141. The molecule has 15 heteroatoms. The fourth-order valence-corrected chi connectivity index (χ4v) is 5.35. The zero-order valence-electron chi connectivity index (χ0n) is 22.6. The second kappa shape index (κ2) is 12.8. The highest BCUT2D eigenvalue weighted by atomic mass is 35.5. The predicted octanol–water partition coefficient (Wildman–Crippen LogP) is -0.0744. The van der Waals surface area contributed by atoms with Crippen molar-refractivity contribution < 1.29 is 28.7 Å². The van der Waals surface area contributed by atoms with E-state index in [1.165, 1.54) is 35.8 Å². The molecule has 5 rings (SSSR count). The van der Waals surface area contributed by atoms with E-state index in [0.29, 0.717) is 23.8 Å². The van der Waals surface area contributed by atoms with Crippen LogP contribution < -0.4 is 21.1 Å². The van der Waals surface area contributed by atoms with E-state index in [1.807, 2.05) is 0 Å². The van der Waals surface area contributed by atoms with Gasteiger partial charge in [-0.3, -0.25) is 33.9 Å². The van der Waals surface area contributed by atoms with Crippen LogP contribution in [0.25, 0.3) is 0 Å². The molecule has 2 aliphatic heterocycles. The van der Waals surface area contributed by atoms with Crippen LogP contribution in [-0.4, -0.2) is 98.0 Å². The van der Waals surface area contributed by atoms with E-state index >= 15 is 0 Å². The van der Waals surface area contributed by atoms with Crippen molar-refractivity contribution in [2.24, 2.45) is 11.7 Å². The minimum atomic E-state index is -1.13. The Kier molecular flexibility index (Phi) is 8.92. The van der Waals surface area contributed by atoms with Crippen molar-refractivity contribution in [2.75, 3.05) is 25.0 Å². The summed E-state index contributed by atoms with van der Waals surface area (Å²) in [7, 11) is 0. The third kappa shape index (κ3) is 7.18. The standard InChI is InChI=1S/C27H31ClN8O6/c28-16-4-5-32-22(9-16)42-17-10-19(26(40)33-18(24(38)25(29)39)8-15-2-1-3-15)36(12-17)23(37)14-35-13-20(35)27(41)34-21-11-30-6-7-31-21/h4-7,9,11,15,17-20H,1-3,8,10,12-14H2,(H2,29,39)(H,33,40)(H,31,34,41)/t17-,18?,19?,20?,35?/m1/s1. The Hall–Kier alpha value is -4.17. The summed E-state index contributed by atoms with van der Waals surface area (Å²) in [6, 6.07) is 0.519. The zero-order valence-corrected chi connectivity index (χ0v) is 23.4. The molecule has 4 amide bonds. The smallest absolute Gasteiger partial charge is 0.287 e. The van der Waals surface area contributed by atoms with E-state index in [9.17, 15) is 24.0 Å². The monoisotopic (exact) mass is 598 g/mol. The quantitative estimate of drug-likeness (QED) is 0.220. The molecule has 5 atom stereocenters. The third-order valence-electron chi connectivity index (χ3n) is 7.71. The Balaban J connectivity index is 1.26. The van der Waals surface area contributed by atoms with E-state index < -0.39 is 47.7 Å². The number of aromatic nitrogens is 3. The molecule has 4 N–H and O–H groups in total. The van der Waals surface area contributed by atoms with Gasteiger partial charge in [0.1, 0.15) is 18.2 Å². The summed E-state index contributed by atoms with van der Waals surface area (Å²) in [5.74, 6) is -2.56. The van der Waals surface area contributed by atoms with Gasteiger partial charge in [-0.1, -0.05) is 30.9 Å². The minimum Gasteiger partial charge on any atom is -0.472 e. The molecule has 4 unspecified atom stereocenters. The molecule has 2 aromatic heterocycles. The van der Waals surface area contributed by atoms with Crippen molar-refractivity contribution >= 4 is 46.8 Å². The molecule has 14 nitrogen and oxygen atoms in total. The lowest BCUT2D eigenvalue weighted by Gasteiger charge is -2.30. The first kappa shape index (κ1) is 29.3. The molecule has 0 aromatic carbocycles. The third-order valence-corrected chi connectivity index (χ3v) is 7.94. The Morgan fingerprint density at radius 1 is 1.07 bits per heavy atom. The van der Waals surface area contributed by atoms with Gasteiger partial charge in [0, 0.05) is 42.6 Å². The van der Waals surface area contributed by atoms with Gasteiger partial charge in [0.05, 0.1) is 25.3 Å². The first-order valence-corrected chi connectivity index (χ1v) is 14.1. The van der Waals surface area contributed by atoms with Crippen molar-refractivity contribution in [1.29, 1.82) is 0 Å². The zero-order chi connectivity index (χ0) is 29.8. The van der Waals surface area contributed by atoms with Crippen LogP contribution in [0.4, 0.5) is 5.82 Å². The largest absolute Gasteiger partial charge is 0.472 e. The number of ether oxygens (including phenoxy) is 1. The van der Waals surface area contributed by atoms with Crippen LogP contribution in [0, 0.1) is 5.92 Å². The van der Waals surface area contributed by atoms with Crippen LogP contribution in [0.2, 0.25) is 5.02 Å². The molecule has 0 spiro atoms. The highest BCUT2D eigenvalue weighted by Crippen LogP contribution is 2.31. The number of carbonyl (C=O) groups is 5. The number of likely N-dealkylation sites (tertiary alicyclic amines) is 1. The Morgan fingerprint density at radius 3 is 2.55 bits per heavy atom. The number of Topliss-reactive ketones (excluding diaryl/α,β-unsaturated/α-hetero) is 1. The van der Waals surface area contributed by atoms with Gasteiger partial charge in [-0.15, -0.1) is 0 Å². The van der Waals surface area contributed by atoms with E-state index in [4.69, 9.17) is 22.1 Å². The Morgan fingerprint density at radius 2 is 1.88 bits per heavy atom. The average Bonchev–Trinajstić information content (AvgIpc) is 3.58.